The summed E-state index contributed by atoms with van der Waals surface area (Å²) in [5.74, 6) is 1.07. The number of aromatic nitrogens is 2. The lowest BCUT2D eigenvalue weighted by atomic mass is 10.3. The zero-order chi connectivity index (χ0) is 19.3. The van der Waals surface area contributed by atoms with Crippen LogP contribution in [0.3, 0.4) is 0 Å². The maximum Gasteiger partial charge on any atom is 0.129 e. The van der Waals surface area contributed by atoms with Gasteiger partial charge in [-0.1, -0.05) is 12.1 Å². The molecule has 0 aliphatic carbocycles. The average Bonchev–Trinajstić information content (AvgIpc) is 2.71. The lowest BCUT2D eigenvalue weighted by molar-refractivity contribution is 0.534. The van der Waals surface area contributed by atoms with Crippen molar-refractivity contribution < 1.29 is 0 Å². The Morgan fingerprint density at radius 3 is 1.48 bits per heavy atom. The minimum absolute atomic E-state index is 0.854. The molecule has 3 N–H and O–H groups in total. The molecule has 0 aromatic carbocycles. The highest BCUT2D eigenvalue weighted by molar-refractivity contribution is 9.11. The largest absolute Gasteiger partial charge is 0.354 e. The number of pyridine rings is 2. The van der Waals surface area contributed by atoms with Crippen LogP contribution in [-0.4, -0.2) is 62.3 Å². The first-order valence-electron chi connectivity index (χ1n) is 8.93. The molecule has 2 fully saturated rings. The van der Waals surface area contributed by atoms with E-state index in [1.165, 1.54) is 0 Å². The number of anilines is 1. The molecule has 27 heavy (non-hydrogen) atoms. The van der Waals surface area contributed by atoms with E-state index in [9.17, 15) is 0 Å². The summed E-state index contributed by atoms with van der Waals surface area (Å²) < 4.78 is 2.61. The summed E-state index contributed by atoms with van der Waals surface area (Å²) in [6.07, 6.45) is 0. The van der Waals surface area contributed by atoms with Gasteiger partial charge in [0.05, 0.1) is 0 Å². The maximum absolute atomic E-state index is 4.41. The minimum Gasteiger partial charge on any atom is -0.354 e. The zero-order valence-electron chi connectivity index (χ0n) is 15.1. The van der Waals surface area contributed by atoms with Gasteiger partial charge in [-0.15, -0.1) is 0 Å². The molecule has 4 rings (SSSR count). The molecule has 0 amide bonds. The molecule has 2 saturated heterocycles. The molecular weight excluding hydrogens is 540 g/mol. The van der Waals surface area contributed by atoms with Gasteiger partial charge in [0.15, 0.2) is 0 Å². The molecule has 0 bridgehead atoms. The van der Waals surface area contributed by atoms with Crippen LogP contribution in [0.25, 0.3) is 0 Å². The summed E-state index contributed by atoms with van der Waals surface area (Å²) >= 11 is 9.82. The van der Waals surface area contributed by atoms with Crippen LogP contribution in [0, 0.1) is 0 Å². The van der Waals surface area contributed by atoms with Crippen molar-refractivity contribution in [2.24, 2.45) is 0 Å². The smallest absolute Gasteiger partial charge is 0.129 e. The molecule has 2 aliphatic rings. The van der Waals surface area contributed by atoms with Gasteiger partial charge in [-0.2, -0.15) is 0 Å². The van der Waals surface area contributed by atoms with E-state index in [4.69, 9.17) is 0 Å². The highest BCUT2D eigenvalue weighted by Gasteiger charge is 2.10. The van der Waals surface area contributed by atoms with E-state index in [2.05, 4.69) is 84.7 Å². The van der Waals surface area contributed by atoms with Gasteiger partial charge in [0.2, 0.25) is 0 Å². The van der Waals surface area contributed by atoms with E-state index >= 15 is 0 Å². The molecule has 0 spiro atoms. The van der Waals surface area contributed by atoms with Crippen LogP contribution in [0.1, 0.15) is 0 Å². The second-order valence-corrected chi connectivity index (χ2v) is 8.28. The summed E-state index contributed by atoms with van der Waals surface area (Å²) in [7, 11) is 0. The predicted molar refractivity (Wildman–Crippen MR) is 122 cm³/mol. The van der Waals surface area contributed by atoms with Crippen LogP contribution in [0.15, 0.2) is 50.2 Å². The molecule has 9 heteroatoms. The molecule has 0 atom stereocenters. The van der Waals surface area contributed by atoms with Gasteiger partial charge >= 0.3 is 0 Å². The van der Waals surface area contributed by atoms with Gasteiger partial charge < -0.3 is 20.9 Å². The van der Waals surface area contributed by atoms with E-state index in [1.54, 1.807) is 0 Å². The van der Waals surface area contributed by atoms with E-state index in [-0.39, 0.29) is 0 Å². The van der Waals surface area contributed by atoms with Gasteiger partial charge in [0.25, 0.3) is 0 Å². The van der Waals surface area contributed by atoms with Crippen molar-refractivity contribution in [3.8, 4) is 0 Å². The Morgan fingerprint density at radius 2 is 1.07 bits per heavy atom. The van der Waals surface area contributed by atoms with Gasteiger partial charge in [0, 0.05) is 52.4 Å². The second-order valence-electron chi connectivity index (χ2n) is 5.84. The van der Waals surface area contributed by atoms with Gasteiger partial charge in [-0.3, -0.25) is 0 Å². The fourth-order valence-electron chi connectivity index (χ4n) is 2.45. The van der Waals surface area contributed by atoms with Gasteiger partial charge in [0.1, 0.15) is 19.6 Å². The van der Waals surface area contributed by atoms with E-state index in [0.717, 1.165) is 72.0 Å². The number of nitrogens with one attached hydrogen (secondary N) is 3. The first-order chi connectivity index (χ1) is 13.1. The number of rotatable bonds is 1. The first kappa shape index (κ1) is 22.7. The van der Waals surface area contributed by atoms with Crippen molar-refractivity contribution in [3.63, 3.8) is 0 Å². The van der Waals surface area contributed by atoms with E-state index in [1.807, 2.05) is 30.3 Å². The molecule has 2 aromatic heterocycles. The number of nitrogens with zero attached hydrogens (tertiary/aromatic N) is 3. The van der Waals surface area contributed by atoms with Crippen molar-refractivity contribution in [2.75, 3.05) is 57.3 Å². The topological polar surface area (TPSA) is 65.1 Å². The van der Waals surface area contributed by atoms with Gasteiger partial charge in [-0.25, -0.2) is 9.97 Å². The fraction of sp³-hybridized carbons (Fsp3) is 0.444. The Kier molecular flexibility index (Phi) is 11.4. The molecule has 0 radical (unpaired) electrons. The third kappa shape index (κ3) is 9.96. The Balaban J connectivity index is 0.000000159. The number of hydrogen-bond donors (Lipinski definition) is 3. The third-order valence-corrected chi connectivity index (χ3v) is 5.10. The fourth-order valence-corrected chi connectivity index (χ4v) is 3.71. The Morgan fingerprint density at radius 1 is 0.630 bits per heavy atom. The Bertz CT molecular complexity index is 634. The minimum atomic E-state index is 0.854. The van der Waals surface area contributed by atoms with E-state index in [0.29, 0.717) is 0 Å². The number of halogens is 3. The SMILES string of the molecule is Brc1cccc(Br)n1.Brc1cccc(N2CCNCC2)n1.C1CNCCN1. The van der Waals surface area contributed by atoms with Gasteiger partial charge in [-0.05, 0) is 72.1 Å². The standard InChI is InChI=1S/C9H12BrN3.C5H3Br2N.C4H10N2/c10-8-2-1-3-9(12-8)13-6-4-11-5-7-13;6-4-2-1-3-5(7)8-4;1-2-6-4-3-5-1/h1-3,11H,4-7H2;1-3H;5-6H,1-4H2. The van der Waals surface area contributed by atoms with E-state index < -0.39 is 0 Å². The first-order valence-corrected chi connectivity index (χ1v) is 11.3. The van der Waals surface area contributed by atoms with Crippen molar-refractivity contribution in [1.29, 1.82) is 0 Å². The average molecular weight is 565 g/mol. The van der Waals surface area contributed by atoms with Crippen molar-refractivity contribution in [1.82, 2.24) is 25.9 Å². The molecule has 6 nitrogen and oxygen atoms in total. The monoisotopic (exact) mass is 562 g/mol. The zero-order valence-corrected chi connectivity index (χ0v) is 19.9. The summed E-state index contributed by atoms with van der Waals surface area (Å²) in [5, 5.41) is 9.76. The Hall–Kier alpha value is -0.580. The molecule has 2 aliphatic heterocycles. The van der Waals surface area contributed by atoms with Crippen LogP contribution < -0.4 is 20.9 Å². The Labute approximate surface area is 186 Å². The lowest BCUT2D eigenvalue weighted by Crippen LogP contribution is -2.43. The number of piperazine rings is 2. The second kappa shape index (κ2) is 13.6. The molecule has 0 unspecified atom stereocenters. The quantitative estimate of drug-likeness (QED) is 0.463. The van der Waals surface area contributed by atoms with Crippen LogP contribution in [0.5, 0.6) is 0 Å². The highest BCUT2D eigenvalue weighted by Crippen LogP contribution is 2.14. The number of hydrogen-bond acceptors (Lipinski definition) is 6. The lowest BCUT2D eigenvalue weighted by Gasteiger charge is -2.28. The van der Waals surface area contributed by atoms with Crippen LogP contribution in [0.4, 0.5) is 5.82 Å². The third-order valence-electron chi connectivity index (χ3n) is 3.78. The molecule has 2 aromatic rings. The maximum atomic E-state index is 4.41. The summed E-state index contributed by atoms with van der Waals surface area (Å²) in [6.45, 7) is 8.75. The summed E-state index contributed by atoms with van der Waals surface area (Å²) in [6, 6.07) is 11.7. The van der Waals surface area contributed by atoms with Crippen molar-refractivity contribution in [3.05, 3.63) is 50.2 Å². The van der Waals surface area contributed by atoms with Crippen molar-refractivity contribution in [2.45, 2.75) is 0 Å². The molecular formula is C18H25Br3N6. The molecule has 148 valence electrons. The summed E-state index contributed by atoms with van der Waals surface area (Å²) in [5.41, 5.74) is 0. The normalized spacial score (nSPS) is 16.5. The van der Waals surface area contributed by atoms with Crippen LogP contribution >= 0.6 is 47.8 Å². The van der Waals surface area contributed by atoms with Crippen molar-refractivity contribution >= 4 is 53.6 Å². The predicted octanol–water partition coefficient (Wildman–Crippen LogP) is 3.04. The highest BCUT2D eigenvalue weighted by atomic mass is 79.9. The molecule has 4 heterocycles. The van der Waals surface area contributed by atoms with Crippen LogP contribution in [0.2, 0.25) is 0 Å². The summed E-state index contributed by atoms with van der Waals surface area (Å²) in [4.78, 5) is 10.7. The van der Waals surface area contributed by atoms with Crippen LogP contribution in [-0.2, 0) is 0 Å². The molecule has 0 saturated carbocycles.